The van der Waals surface area contributed by atoms with Gasteiger partial charge in [-0.25, -0.2) is 19.6 Å². The lowest BCUT2D eigenvalue weighted by Crippen LogP contribution is -2.39. The predicted octanol–water partition coefficient (Wildman–Crippen LogP) is 5.64. The van der Waals surface area contributed by atoms with E-state index in [0.717, 1.165) is 36.2 Å². The molecule has 10 heteroatoms. The van der Waals surface area contributed by atoms with Crippen LogP contribution < -0.4 is 10.2 Å². The minimum atomic E-state index is -0.606. The number of halogens is 1. The molecule has 1 aliphatic rings. The van der Waals surface area contributed by atoms with Gasteiger partial charge in [0.1, 0.15) is 11.3 Å². The quantitative estimate of drug-likeness (QED) is 0.235. The number of nitrogens with one attached hydrogen (secondary N) is 1. The monoisotopic (exact) mass is 573 g/mol. The summed E-state index contributed by atoms with van der Waals surface area (Å²) >= 11 is 3.42. The molecule has 4 aromatic rings. The van der Waals surface area contributed by atoms with E-state index in [1.165, 1.54) is 13.2 Å². The standard InChI is InChI=1S/C28H24BrN5O4/c1-30-21-13-22(28(36)37-2)25-23(14-21)33-27(38-25)19-5-3-18(4-6-19)26(35)32-15-17-9-11-34(12-10-17)24-8-7-20(29)16-31-24/h3-8,13-14,16-17H,9-12,15H2,2H3,(H,32,35). The van der Waals surface area contributed by atoms with Crippen LogP contribution in [0.25, 0.3) is 27.4 Å². The molecule has 1 amide bonds. The van der Waals surface area contributed by atoms with Crippen LogP contribution in [0, 0.1) is 12.5 Å². The van der Waals surface area contributed by atoms with Crippen LogP contribution in [0.1, 0.15) is 33.6 Å². The Kier molecular flexibility index (Phi) is 7.38. The molecule has 1 saturated heterocycles. The number of ether oxygens (including phenoxy) is 1. The number of esters is 1. The number of hydrogen-bond donors (Lipinski definition) is 1. The molecule has 192 valence electrons. The molecule has 5 rings (SSSR count). The van der Waals surface area contributed by atoms with Crippen LogP contribution in [0.4, 0.5) is 11.5 Å². The molecule has 1 aliphatic heterocycles. The van der Waals surface area contributed by atoms with Gasteiger partial charge in [0.2, 0.25) is 5.89 Å². The van der Waals surface area contributed by atoms with Gasteiger partial charge in [-0.15, -0.1) is 0 Å². The maximum atomic E-state index is 12.8. The lowest BCUT2D eigenvalue weighted by molar-refractivity contribution is 0.0601. The van der Waals surface area contributed by atoms with Gasteiger partial charge in [-0.1, -0.05) is 0 Å². The Bertz CT molecular complexity index is 1520. The molecule has 0 atom stereocenters. The van der Waals surface area contributed by atoms with Crippen molar-refractivity contribution in [2.45, 2.75) is 12.8 Å². The first-order valence-electron chi connectivity index (χ1n) is 12.1. The number of pyridine rings is 1. The fraction of sp³-hybridized carbons (Fsp3) is 0.250. The second kappa shape index (κ2) is 11.0. The van der Waals surface area contributed by atoms with Crippen LogP contribution in [-0.4, -0.2) is 48.6 Å². The highest BCUT2D eigenvalue weighted by Crippen LogP contribution is 2.31. The van der Waals surface area contributed by atoms with Crippen molar-refractivity contribution in [3.8, 4) is 11.5 Å². The third kappa shape index (κ3) is 5.38. The minimum absolute atomic E-state index is 0.138. The van der Waals surface area contributed by atoms with Gasteiger partial charge in [-0.05, 0) is 83.2 Å². The number of hydrogen-bond acceptors (Lipinski definition) is 7. The summed E-state index contributed by atoms with van der Waals surface area (Å²) in [7, 11) is 1.27. The van der Waals surface area contributed by atoms with Crippen LogP contribution >= 0.6 is 15.9 Å². The van der Waals surface area contributed by atoms with Gasteiger partial charge in [-0.3, -0.25) is 4.79 Å². The number of nitrogens with zero attached hydrogens (tertiary/aromatic N) is 4. The predicted molar refractivity (Wildman–Crippen MR) is 146 cm³/mol. The van der Waals surface area contributed by atoms with Crippen molar-refractivity contribution in [3.05, 3.63) is 81.7 Å². The van der Waals surface area contributed by atoms with Crippen molar-refractivity contribution in [3.63, 3.8) is 0 Å². The molecule has 9 nitrogen and oxygen atoms in total. The number of anilines is 1. The topological polar surface area (TPSA) is 102 Å². The van der Waals surface area contributed by atoms with E-state index in [2.05, 4.69) is 41.0 Å². The zero-order valence-electron chi connectivity index (χ0n) is 20.6. The number of aromatic nitrogens is 2. The number of oxazole rings is 1. The second-order valence-corrected chi connectivity index (χ2v) is 9.93. The van der Waals surface area contributed by atoms with E-state index >= 15 is 0 Å². The Hall–Kier alpha value is -4.23. The van der Waals surface area contributed by atoms with Gasteiger partial charge in [-0.2, -0.15) is 0 Å². The fourth-order valence-corrected chi connectivity index (χ4v) is 4.73. The Labute approximate surface area is 227 Å². The van der Waals surface area contributed by atoms with E-state index in [4.69, 9.17) is 15.7 Å². The molecule has 0 aliphatic carbocycles. The number of rotatable bonds is 6. The van der Waals surface area contributed by atoms with Crippen molar-refractivity contribution < 1.29 is 18.7 Å². The number of carbonyl (C=O) groups is 2. The number of piperidine rings is 1. The van der Waals surface area contributed by atoms with Crippen LogP contribution in [0.5, 0.6) is 0 Å². The van der Waals surface area contributed by atoms with Gasteiger partial charge in [0.05, 0.1) is 19.2 Å². The molecule has 1 fully saturated rings. The summed E-state index contributed by atoms with van der Waals surface area (Å²) in [6.45, 7) is 9.70. The molecule has 1 N–H and O–H groups in total. The zero-order valence-corrected chi connectivity index (χ0v) is 22.2. The van der Waals surface area contributed by atoms with E-state index in [1.807, 2.05) is 18.3 Å². The Morgan fingerprint density at radius 3 is 2.61 bits per heavy atom. The van der Waals surface area contributed by atoms with Crippen LogP contribution in [0.3, 0.4) is 0 Å². The van der Waals surface area contributed by atoms with Crippen molar-refractivity contribution in [1.29, 1.82) is 0 Å². The minimum Gasteiger partial charge on any atom is -0.465 e. The summed E-state index contributed by atoms with van der Waals surface area (Å²) in [4.78, 5) is 39.5. The molecule has 0 spiro atoms. The maximum absolute atomic E-state index is 12.8. The summed E-state index contributed by atoms with van der Waals surface area (Å²) in [5.41, 5.74) is 2.23. The van der Waals surface area contributed by atoms with E-state index in [-0.39, 0.29) is 28.6 Å². The smallest absolute Gasteiger partial charge is 0.340 e. The summed E-state index contributed by atoms with van der Waals surface area (Å²) in [5, 5.41) is 3.05. The second-order valence-electron chi connectivity index (χ2n) is 9.02. The lowest BCUT2D eigenvalue weighted by Gasteiger charge is -2.32. The van der Waals surface area contributed by atoms with Crippen LogP contribution in [0.2, 0.25) is 0 Å². The molecular formula is C28H24BrN5O4. The maximum Gasteiger partial charge on any atom is 0.340 e. The van der Waals surface area contributed by atoms with Crippen molar-refractivity contribution in [2.24, 2.45) is 5.92 Å². The SMILES string of the molecule is [C-]#[N+]c1cc(C(=O)OC)c2oc(-c3ccc(C(=O)NCC4CCN(c5ccc(Br)cn5)CC4)cc3)nc2c1. The van der Waals surface area contributed by atoms with Gasteiger partial charge in [0, 0.05) is 41.4 Å². The van der Waals surface area contributed by atoms with Crippen LogP contribution in [0.15, 0.2) is 63.6 Å². The number of carbonyl (C=O) groups excluding carboxylic acids is 2. The average molecular weight is 574 g/mol. The van der Waals surface area contributed by atoms with Gasteiger partial charge in [0.15, 0.2) is 11.3 Å². The van der Waals surface area contributed by atoms with Crippen molar-refractivity contribution >= 4 is 50.4 Å². The van der Waals surface area contributed by atoms with E-state index < -0.39 is 5.97 Å². The molecular weight excluding hydrogens is 550 g/mol. The average Bonchev–Trinajstić information content (AvgIpc) is 3.40. The van der Waals surface area contributed by atoms with E-state index in [9.17, 15) is 9.59 Å². The summed E-state index contributed by atoms with van der Waals surface area (Å²) in [5.74, 6) is 0.926. The molecule has 3 heterocycles. The van der Waals surface area contributed by atoms with E-state index in [1.54, 1.807) is 30.3 Å². The highest BCUT2D eigenvalue weighted by molar-refractivity contribution is 9.10. The van der Waals surface area contributed by atoms with Crippen molar-refractivity contribution in [1.82, 2.24) is 15.3 Å². The van der Waals surface area contributed by atoms with Crippen molar-refractivity contribution in [2.75, 3.05) is 31.6 Å². The zero-order chi connectivity index (χ0) is 26.6. The first-order chi connectivity index (χ1) is 18.4. The van der Waals surface area contributed by atoms with Gasteiger partial charge >= 0.3 is 5.97 Å². The molecule has 0 saturated carbocycles. The highest BCUT2D eigenvalue weighted by Gasteiger charge is 2.22. The normalized spacial score (nSPS) is 13.8. The number of fused-ring (bicyclic) bond motifs is 1. The first kappa shape index (κ1) is 25.4. The molecule has 0 bridgehead atoms. The largest absolute Gasteiger partial charge is 0.465 e. The molecule has 0 unspecified atom stereocenters. The van der Waals surface area contributed by atoms with E-state index in [0.29, 0.717) is 29.1 Å². The highest BCUT2D eigenvalue weighted by atomic mass is 79.9. The third-order valence-corrected chi connectivity index (χ3v) is 7.07. The molecule has 2 aromatic heterocycles. The summed E-state index contributed by atoms with van der Waals surface area (Å²) in [6.07, 6.45) is 3.78. The molecule has 0 radical (unpaired) electrons. The number of methoxy groups -OCH3 is 1. The van der Waals surface area contributed by atoms with Gasteiger partial charge in [0.25, 0.3) is 5.91 Å². The third-order valence-electron chi connectivity index (χ3n) is 6.60. The Morgan fingerprint density at radius 1 is 1.18 bits per heavy atom. The molecule has 2 aromatic carbocycles. The summed E-state index contributed by atoms with van der Waals surface area (Å²) < 4.78 is 11.6. The Balaban J connectivity index is 1.21. The number of benzene rings is 2. The fourth-order valence-electron chi connectivity index (χ4n) is 4.49. The number of amides is 1. The summed E-state index contributed by atoms with van der Waals surface area (Å²) in [6, 6.07) is 13.9. The lowest BCUT2D eigenvalue weighted by atomic mass is 9.96. The Morgan fingerprint density at radius 2 is 1.95 bits per heavy atom. The van der Waals surface area contributed by atoms with Gasteiger partial charge < -0.3 is 19.4 Å². The molecule has 38 heavy (non-hydrogen) atoms. The van der Waals surface area contributed by atoms with Crippen LogP contribution in [-0.2, 0) is 4.74 Å². The first-order valence-corrected chi connectivity index (χ1v) is 12.9.